The number of nitrogens with zero attached hydrogens (tertiary/aromatic N) is 1. The molecule has 0 amide bonds. The van der Waals surface area contributed by atoms with Crippen LogP contribution < -0.4 is 0 Å². The Bertz CT molecular complexity index is 342. The van der Waals surface area contributed by atoms with Gasteiger partial charge in [0.05, 0.1) is 12.3 Å². The number of aromatic nitrogens is 1. The molecule has 0 aliphatic heterocycles. The van der Waals surface area contributed by atoms with Crippen LogP contribution in [0.3, 0.4) is 0 Å². The van der Waals surface area contributed by atoms with Crippen molar-refractivity contribution in [2.24, 2.45) is 0 Å². The van der Waals surface area contributed by atoms with Gasteiger partial charge in [0.1, 0.15) is 5.75 Å². The molecule has 0 fully saturated rings. The molecule has 0 bridgehead atoms. The SMILES string of the molecule is CCCCSCc1cnc(C)c(O)c1CO. The fourth-order valence-electron chi connectivity index (χ4n) is 1.41. The number of aliphatic hydroxyl groups excluding tert-OH is 1. The third kappa shape index (κ3) is 3.39. The molecule has 1 aromatic heterocycles. The Morgan fingerprint density at radius 2 is 2.19 bits per heavy atom. The molecule has 0 aliphatic carbocycles. The first-order chi connectivity index (χ1) is 7.70. The second-order valence-corrected chi connectivity index (χ2v) is 4.87. The highest BCUT2D eigenvalue weighted by atomic mass is 32.2. The zero-order valence-electron chi connectivity index (χ0n) is 9.86. The lowest BCUT2D eigenvalue weighted by atomic mass is 10.1. The number of hydrogen-bond acceptors (Lipinski definition) is 4. The van der Waals surface area contributed by atoms with Crippen LogP contribution in [0.5, 0.6) is 5.75 Å². The standard InChI is InChI=1S/C12H19NO2S/c1-3-4-5-16-8-10-6-13-9(2)12(15)11(10)7-14/h6,14-15H,3-5,7-8H2,1-2H3. The molecule has 0 aromatic carbocycles. The maximum absolute atomic E-state index is 9.75. The van der Waals surface area contributed by atoms with E-state index in [9.17, 15) is 10.2 Å². The van der Waals surface area contributed by atoms with Crippen molar-refractivity contribution in [1.29, 1.82) is 0 Å². The Balaban J connectivity index is 2.68. The first-order valence-corrected chi connectivity index (χ1v) is 6.71. The van der Waals surface area contributed by atoms with Crippen molar-refractivity contribution in [3.63, 3.8) is 0 Å². The minimum absolute atomic E-state index is 0.126. The average Bonchev–Trinajstić information content (AvgIpc) is 2.29. The van der Waals surface area contributed by atoms with Gasteiger partial charge in [-0.15, -0.1) is 0 Å². The molecule has 0 aliphatic rings. The summed E-state index contributed by atoms with van der Waals surface area (Å²) in [6, 6.07) is 0. The van der Waals surface area contributed by atoms with Gasteiger partial charge in [0.2, 0.25) is 0 Å². The largest absolute Gasteiger partial charge is 0.506 e. The summed E-state index contributed by atoms with van der Waals surface area (Å²) in [5, 5.41) is 19.0. The minimum Gasteiger partial charge on any atom is -0.506 e. The van der Waals surface area contributed by atoms with Gasteiger partial charge in [-0.3, -0.25) is 4.98 Å². The van der Waals surface area contributed by atoms with Gasteiger partial charge in [-0.05, 0) is 24.7 Å². The normalized spacial score (nSPS) is 10.7. The molecular formula is C12H19NO2S. The highest BCUT2D eigenvalue weighted by molar-refractivity contribution is 7.98. The number of aromatic hydroxyl groups is 1. The van der Waals surface area contributed by atoms with E-state index in [0.29, 0.717) is 11.3 Å². The van der Waals surface area contributed by atoms with Crippen molar-refractivity contribution in [3.8, 4) is 5.75 Å². The van der Waals surface area contributed by atoms with Crippen molar-refractivity contribution in [1.82, 2.24) is 4.98 Å². The van der Waals surface area contributed by atoms with Crippen molar-refractivity contribution in [2.75, 3.05) is 5.75 Å². The van der Waals surface area contributed by atoms with E-state index in [-0.39, 0.29) is 12.4 Å². The molecule has 0 saturated heterocycles. The van der Waals surface area contributed by atoms with E-state index in [0.717, 1.165) is 17.1 Å². The Morgan fingerprint density at radius 3 is 2.81 bits per heavy atom. The molecule has 4 heteroatoms. The lowest BCUT2D eigenvalue weighted by Gasteiger charge is -2.10. The van der Waals surface area contributed by atoms with E-state index >= 15 is 0 Å². The van der Waals surface area contributed by atoms with Gasteiger partial charge in [0.15, 0.2) is 0 Å². The molecule has 0 unspecified atom stereocenters. The fourth-order valence-corrected chi connectivity index (χ4v) is 2.52. The Kier molecular flexibility index (Phi) is 5.63. The van der Waals surface area contributed by atoms with E-state index in [2.05, 4.69) is 11.9 Å². The van der Waals surface area contributed by atoms with Crippen LogP contribution in [0.1, 0.15) is 36.6 Å². The van der Waals surface area contributed by atoms with Crippen LogP contribution in [0, 0.1) is 6.92 Å². The van der Waals surface area contributed by atoms with Crippen molar-refractivity contribution >= 4 is 11.8 Å². The van der Waals surface area contributed by atoms with E-state index in [1.807, 2.05) is 11.8 Å². The number of hydrogen-bond donors (Lipinski definition) is 2. The summed E-state index contributed by atoms with van der Waals surface area (Å²) in [4.78, 5) is 4.11. The summed E-state index contributed by atoms with van der Waals surface area (Å²) in [6.07, 6.45) is 4.14. The van der Waals surface area contributed by atoms with Gasteiger partial charge in [-0.1, -0.05) is 13.3 Å². The number of aryl methyl sites for hydroxylation is 1. The van der Waals surface area contributed by atoms with Gasteiger partial charge in [0, 0.05) is 17.5 Å². The summed E-state index contributed by atoms with van der Waals surface area (Å²) in [5.41, 5.74) is 2.13. The van der Waals surface area contributed by atoms with Crippen molar-refractivity contribution < 1.29 is 10.2 Å². The van der Waals surface area contributed by atoms with E-state index in [4.69, 9.17) is 0 Å². The summed E-state index contributed by atoms with van der Waals surface area (Å²) >= 11 is 1.81. The Hall–Kier alpha value is -0.740. The molecule has 16 heavy (non-hydrogen) atoms. The molecule has 0 radical (unpaired) electrons. The molecule has 1 heterocycles. The van der Waals surface area contributed by atoms with Crippen molar-refractivity contribution in [2.45, 2.75) is 39.0 Å². The van der Waals surface area contributed by atoms with E-state index in [1.54, 1.807) is 13.1 Å². The third-order valence-electron chi connectivity index (χ3n) is 2.49. The van der Waals surface area contributed by atoms with Gasteiger partial charge in [-0.25, -0.2) is 0 Å². The summed E-state index contributed by atoms with van der Waals surface area (Å²) in [7, 11) is 0. The number of rotatable bonds is 6. The Morgan fingerprint density at radius 1 is 1.44 bits per heavy atom. The third-order valence-corrected chi connectivity index (χ3v) is 3.58. The van der Waals surface area contributed by atoms with Crippen molar-refractivity contribution in [3.05, 3.63) is 23.0 Å². The van der Waals surface area contributed by atoms with Gasteiger partial charge >= 0.3 is 0 Å². The van der Waals surface area contributed by atoms with Crippen LogP contribution in [0.25, 0.3) is 0 Å². The number of aliphatic hydroxyl groups is 1. The highest BCUT2D eigenvalue weighted by Gasteiger charge is 2.10. The van der Waals surface area contributed by atoms with Crippen LogP contribution in [0.15, 0.2) is 6.20 Å². The molecule has 90 valence electrons. The minimum atomic E-state index is -0.126. The zero-order valence-corrected chi connectivity index (χ0v) is 10.7. The molecule has 2 N–H and O–H groups in total. The maximum atomic E-state index is 9.75. The van der Waals surface area contributed by atoms with E-state index < -0.39 is 0 Å². The molecular weight excluding hydrogens is 222 g/mol. The predicted molar refractivity (Wildman–Crippen MR) is 67.6 cm³/mol. The van der Waals surface area contributed by atoms with Crippen LogP contribution in [-0.2, 0) is 12.4 Å². The predicted octanol–water partition coefficient (Wildman–Crippen LogP) is 2.62. The second kappa shape index (κ2) is 6.76. The average molecular weight is 241 g/mol. The number of pyridine rings is 1. The molecule has 0 saturated carbocycles. The van der Waals surface area contributed by atoms with Crippen LogP contribution in [0.4, 0.5) is 0 Å². The lowest BCUT2D eigenvalue weighted by molar-refractivity contribution is 0.274. The van der Waals surface area contributed by atoms with Crippen LogP contribution in [0.2, 0.25) is 0 Å². The summed E-state index contributed by atoms with van der Waals surface area (Å²) < 4.78 is 0. The first kappa shape index (κ1) is 13.3. The maximum Gasteiger partial charge on any atom is 0.142 e. The van der Waals surface area contributed by atoms with Crippen LogP contribution >= 0.6 is 11.8 Å². The highest BCUT2D eigenvalue weighted by Crippen LogP contribution is 2.26. The fraction of sp³-hybridized carbons (Fsp3) is 0.583. The van der Waals surface area contributed by atoms with E-state index in [1.165, 1.54) is 12.8 Å². The van der Waals surface area contributed by atoms with Gasteiger partial charge in [0.25, 0.3) is 0 Å². The number of unbranched alkanes of at least 4 members (excludes halogenated alkanes) is 1. The number of thioether (sulfide) groups is 1. The quantitative estimate of drug-likeness (QED) is 0.752. The van der Waals surface area contributed by atoms with Gasteiger partial charge in [-0.2, -0.15) is 11.8 Å². The monoisotopic (exact) mass is 241 g/mol. The Labute approximate surface area is 101 Å². The second-order valence-electron chi connectivity index (χ2n) is 3.76. The molecule has 1 aromatic rings. The smallest absolute Gasteiger partial charge is 0.142 e. The van der Waals surface area contributed by atoms with Gasteiger partial charge < -0.3 is 10.2 Å². The molecule has 1 rings (SSSR count). The lowest BCUT2D eigenvalue weighted by Crippen LogP contribution is -1.98. The molecule has 3 nitrogen and oxygen atoms in total. The summed E-state index contributed by atoms with van der Waals surface area (Å²) in [5.74, 6) is 2.04. The first-order valence-electron chi connectivity index (χ1n) is 5.55. The summed E-state index contributed by atoms with van der Waals surface area (Å²) in [6.45, 7) is 3.78. The topological polar surface area (TPSA) is 53.4 Å². The molecule has 0 spiro atoms. The zero-order chi connectivity index (χ0) is 12.0. The van der Waals surface area contributed by atoms with Crippen LogP contribution in [-0.4, -0.2) is 20.9 Å². The molecule has 0 atom stereocenters.